The van der Waals surface area contributed by atoms with Crippen LogP contribution in [-0.2, 0) is 11.3 Å². The van der Waals surface area contributed by atoms with E-state index in [0.717, 1.165) is 28.3 Å². The van der Waals surface area contributed by atoms with Crippen LogP contribution in [0.15, 0.2) is 60.7 Å². The lowest BCUT2D eigenvalue weighted by Gasteiger charge is -2.07. The van der Waals surface area contributed by atoms with Gasteiger partial charge in [-0.05, 0) is 31.2 Å². The molecule has 0 saturated heterocycles. The van der Waals surface area contributed by atoms with E-state index in [1.54, 1.807) is 0 Å². The highest BCUT2D eigenvalue weighted by atomic mass is 16.1. The molecule has 0 fully saturated rings. The van der Waals surface area contributed by atoms with E-state index in [0.29, 0.717) is 12.4 Å². The van der Waals surface area contributed by atoms with Crippen LogP contribution in [0.3, 0.4) is 0 Å². The molecule has 1 N–H and O–H groups in total. The van der Waals surface area contributed by atoms with Crippen molar-refractivity contribution in [1.29, 1.82) is 0 Å². The number of carbonyl (C=O) groups excluding carboxylic acids is 1. The largest absolute Gasteiger partial charge is 0.323 e. The van der Waals surface area contributed by atoms with Gasteiger partial charge in [-0.3, -0.25) is 4.79 Å². The number of amides is 1. The van der Waals surface area contributed by atoms with Crippen molar-refractivity contribution in [2.24, 2.45) is 0 Å². The van der Waals surface area contributed by atoms with Crippen molar-refractivity contribution in [3.05, 3.63) is 72.1 Å². The highest BCUT2D eigenvalue weighted by Crippen LogP contribution is 2.23. The van der Waals surface area contributed by atoms with E-state index in [9.17, 15) is 4.79 Å². The van der Waals surface area contributed by atoms with Crippen molar-refractivity contribution in [3.63, 3.8) is 0 Å². The van der Waals surface area contributed by atoms with Crippen LogP contribution in [0.5, 0.6) is 0 Å². The Kier molecular flexibility index (Phi) is 5.15. The minimum Gasteiger partial charge on any atom is -0.323 e. The fourth-order valence-corrected chi connectivity index (χ4v) is 3.09. The zero-order valence-corrected chi connectivity index (χ0v) is 16.3. The Hall–Kier alpha value is -3.81. The molecule has 2 aromatic heterocycles. The van der Waals surface area contributed by atoms with Crippen LogP contribution in [0.4, 0.5) is 5.69 Å². The number of benzene rings is 2. The van der Waals surface area contributed by atoms with Crippen molar-refractivity contribution >= 4 is 11.6 Å². The van der Waals surface area contributed by atoms with Crippen LogP contribution < -0.4 is 5.32 Å². The number of hydrogen-bond acceptors (Lipinski definition) is 5. The molecule has 8 nitrogen and oxygen atoms in total. The predicted octanol–water partition coefficient (Wildman–Crippen LogP) is 3.17. The molecule has 4 aromatic rings. The van der Waals surface area contributed by atoms with E-state index in [2.05, 4.69) is 25.8 Å². The molecule has 0 radical (unpaired) electrons. The van der Waals surface area contributed by atoms with Gasteiger partial charge in [0.2, 0.25) is 11.7 Å². The molecule has 0 bridgehead atoms. The summed E-state index contributed by atoms with van der Waals surface area (Å²) in [5.41, 5.74) is 4.23. The standard InChI is InChI=1S/C21H21N7O/c1-15-20(16(2)28(24-15)18-11-7-4-8-12-18)22-19(29)13-14-27-25-21(23-26-27)17-9-5-3-6-10-17/h3-12H,13-14H2,1-2H3,(H,22,29). The van der Waals surface area contributed by atoms with Gasteiger partial charge in [0.15, 0.2) is 0 Å². The molecule has 1 amide bonds. The fraction of sp³-hybridized carbons (Fsp3) is 0.190. The zero-order chi connectivity index (χ0) is 20.2. The van der Waals surface area contributed by atoms with E-state index < -0.39 is 0 Å². The topological polar surface area (TPSA) is 90.5 Å². The molecular weight excluding hydrogens is 366 g/mol. The number of aryl methyl sites for hydroxylation is 2. The van der Waals surface area contributed by atoms with Crippen LogP contribution >= 0.6 is 0 Å². The monoisotopic (exact) mass is 387 g/mol. The van der Waals surface area contributed by atoms with E-state index in [1.807, 2.05) is 79.2 Å². The molecule has 2 heterocycles. The van der Waals surface area contributed by atoms with E-state index in [4.69, 9.17) is 0 Å². The number of tetrazole rings is 1. The molecular formula is C21H21N7O. The molecule has 8 heteroatoms. The summed E-state index contributed by atoms with van der Waals surface area (Å²) in [5.74, 6) is 0.421. The summed E-state index contributed by atoms with van der Waals surface area (Å²) in [7, 11) is 0. The van der Waals surface area contributed by atoms with Crippen LogP contribution in [0, 0.1) is 13.8 Å². The first-order chi connectivity index (χ1) is 14.1. The number of anilines is 1. The maximum atomic E-state index is 12.5. The third-order valence-electron chi connectivity index (χ3n) is 4.58. The molecule has 0 unspecified atom stereocenters. The Morgan fingerprint density at radius 3 is 2.38 bits per heavy atom. The lowest BCUT2D eigenvalue weighted by atomic mass is 10.2. The maximum absolute atomic E-state index is 12.5. The van der Waals surface area contributed by atoms with E-state index >= 15 is 0 Å². The average molecular weight is 387 g/mol. The summed E-state index contributed by atoms with van der Waals surface area (Å²) in [5, 5.41) is 19.9. The van der Waals surface area contributed by atoms with Crippen LogP contribution in [0.1, 0.15) is 17.8 Å². The van der Waals surface area contributed by atoms with Crippen LogP contribution in [0.25, 0.3) is 17.1 Å². The molecule has 0 saturated carbocycles. The Morgan fingerprint density at radius 1 is 0.966 bits per heavy atom. The highest BCUT2D eigenvalue weighted by molar-refractivity contribution is 5.91. The van der Waals surface area contributed by atoms with Crippen molar-refractivity contribution in [3.8, 4) is 17.1 Å². The Labute approximate surface area is 168 Å². The van der Waals surface area contributed by atoms with Crippen molar-refractivity contribution in [2.45, 2.75) is 26.8 Å². The molecule has 0 aliphatic heterocycles. The number of para-hydroxylation sites is 1. The van der Waals surface area contributed by atoms with Gasteiger partial charge in [-0.15, -0.1) is 10.2 Å². The van der Waals surface area contributed by atoms with Gasteiger partial charge >= 0.3 is 0 Å². The Balaban J connectivity index is 1.41. The molecule has 4 rings (SSSR count). The SMILES string of the molecule is Cc1nn(-c2ccccc2)c(C)c1NC(=O)CCn1nnc(-c2ccccc2)n1. The summed E-state index contributed by atoms with van der Waals surface area (Å²) in [6.07, 6.45) is 0.236. The molecule has 0 aliphatic rings. The second-order valence-corrected chi connectivity index (χ2v) is 6.67. The van der Waals surface area contributed by atoms with Gasteiger partial charge < -0.3 is 5.32 Å². The average Bonchev–Trinajstić information content (AvgIpc) is 3.34. The summed E-state index contributed by atoms with van der Waals surface area (Å²) in [4.78, 5) is 13.9. The van der Waals surface area contributed by atoms with Gasteiger partial charge in [-0.25, -0.2) is 4.68 Å². The highest BCUT2D eigenvalue weighted by Gasteiger charge is 2.15. The van der Waals surface area contributed by atoms with Crippen LogP contribution in [0.2, 0.25) is 0 Å². The first kappa shape index (κ1) is 18.5. The number of carbonyl (C=O) groups is 1. The Morgan fingerprint density at radius 2 is 1.66 bits per heavy atom. The van der Waals surface area contributed by atoms with Crippen molar-refractivity contribution in [1.82, 2.24) is 30.0 Å². The number of nitrogens with one attached hydrogen (secondary N) is 1. The minimum absolute atomic E-state index is 0.123. The first-order valence-corrected chi connectivity index (χ1v) is 9.36. The lowest BCUT2D eigenvalue weighted by molar-refractivity contribution is -0.116. The van der Waals surface area contributed by atoms with Gasteiger partial charge in [0.25, 0.3) is 0 Å². The quantitative estimate of drug-likeness (QED) is 0.549. The van der Waals surface area contributed by atoms with Gasteiger partial charge in [0.05, 0.1) is 29.3 Å². The second kappa shape index (κ2) is 8.05. The second-order valence-electron chi connectivity index (χ2n) is 6.67. The van der Waals surface area contributed by atoms with E-state index in [1.165, 1.54) is 4.80 Å². The zero-order valence-electron chi connectivity index (χ0n) is 16.3. The number of rotatable bonds is 6. The smallest absolute Gasteiger partial charge is 0.226 e. The van der Waals surface area contributed by atoms with Crippen LogP contribution in [-0.4, -0.2) is 35.9 Å². The number of nitrogens with zero attached hydrogens (tertiary/aromatic N) is 6. The predicted molar refractivity (Wildman–Crippen MR) is 110 cm³/mol. The fourth-order valence-electron chi connectivity index (χ4n) is 3.09. The van der Waals surface area contributed by atoms with E-state index in [-0.39, 0.29) is 12.3 Å². The molecule has 0 aliphatic carbocycles. The molecule has 29 heavy (non-hydrogen) atoms. The summed E-state index contributed by atoms with van der Waals surface area (Å²) in [6.45, 7) is 4.16. The lowest BCUT2D eigenvalue weighted by Crippen LogP contribution is -2.16. The van der Waals surface area contributed by atoms with Gasteiger partial charge in [0.1, 0.15) is 0 Å². The Bertz CT molecular complexity index is 1120. The van der Waals surface area contributed by atoms with Gasteiger partial charge in [0, 0.05) is 12.0 Å². The van der Waals surface area contributed by atoms with Gasteiger partial charge in [-0.2, -0.15) is 9.90 Å². The number of hydrogen-bond donors (Lipinski definition) is 1. The minimum atomic E-state index is -0.123. The summed E-state index contributed by atoms with van der Waals surface area (Å²) < 4.78 is 1.83. The third kappa shape index (κ3) is 4.06. The van der Waals surface area contributed by atoms with Crippen molar-refractivity contribution < 1.29 is 4.79 Å². The van der Waals surface area contributed by atoms with Crippen molar-refractivity contribution in [2.75, 3.05) is 5.32 Å². The number of aromatic nitrogens is 6. The summed E-state index contributed by atoms with van der Waals surface area (Å²) >= 11 is 0. The first-order valence-electron chi connectivity index (χ1n) is 9.36. The molecule has 146 valence electrons. The maximum Gasteiger partial charge on any atom is 0.226 e. The molecule has 0 spiro atoms. The summed E-state index contributed by atoms with van der Waals surface area (Å²) in [6, 6.07) is 19.4. The molecule has 0 atom stereocenters. The third-order valence-corrected chi connectivity index (χ3v) is 4.58. The van der Waals surface area contributed by atoms with Gasteiger partial charge in [-0.1, -0.05) is 48.5 Å². The normalized spacial score (nSPS) is 10.8. The molecule has 2 aromatic carbocycles.